The minimum atomic E-state index is -0.565. The Hall–Kier alpha value is -0.360. The van der Waals surface area contributed by atoms with Crippen LogP contribution in [0.5, 0.6) is 0 Å². The molecular weight excluding hydrogens is 408 g/mol. The SMILES string of the molecule is CC1(C)OCC(COCC(COCC(CO)OC2CCCCO2)OC2CCCCO2)O1. The summed E-state index contributed by atoms with van der Waals surface area (Å²) in [7, 11) is 0. The first-order valence-corrected chi connectivity index (χ1v) is 11.7. The van der Waals surface area contributed by atoms with Gasteiger partial charge in [-0.15, -0.1) is 0 Å². The molecule has 0 bridgehead atoms. The van der Waals surface area contributed by atoms with Crippen molar-refractivity contribution in [2.45, 2.75) is 89.1 Å². The van der Waals surface area contributed by atoms with Crippen LogP contribution in [0.4, 0.5) is 0 Å². The van der Waals surface area contributed by atoms with Gasteiger partial charge in [-0.2, -0.15) is 0 Å². The molecule has 0 radical (unpaired) electrons. The van der Waals surface area contributed by atoms with Crippen LogP contribution in [0.25, 0.3) is 0 Å². The molecule has 0 saturated carbocycles. The van der Waals surface area contributed by atoms with E-state index in [1.54, 1.807) is 0 Å². The highest BCUT2D eigenvalue weighted by molar-refractivity contribution is 4.71. The molecule has 31 heavy (non-hydrogen) atoms. The fourth-order valence-corrected chi connectivity index (χ4v) is 3.84. The Bertz CT molecular complexity index is 478. The van der Waals surface area contributed by atoms with Gasteiger partial charge >= 0.3 is 0 Å². The van der Waals surface area contributed by atoms with Crippen LogP contribution in [0.15, 0.2) is 0 Å². The molecule has 3 aliphatic heterocycles. The second-order valence-electron chi connectivity index (χ2n) is 8.82. The van der Waals surface area contributed by atoms with Gasteiger partial charge in [-0.1, -0.05) is 0 Å². The summed E-state index contributed by atoms with van der Waals surface area (Å²) in [5.41, 5.74) is 0. The predicted molar refractivity (Wildman–Crippen MR) is 111 cm³/mol. The maximum atomic E-state index is 9.63. The summed E-state index contributed by atoms with van der Waals surface area (Å²) in [6.07, 6.45) is 4.67. The molecule has 0 aromatic heterocycles. The third kappa shape index (κ3) is 9.57. The Balaban J connectivity index is 1.39. The Morgan fingerprint density at radius 2 is 1.48 bits per heavy atom. The van der Waals surface area contributed by atoms with Gasteiger partial charge in [-0.3, -0.25) is 0 Å². The minimum Gasteiger partial charge on any atom is -0.394 e. The lowest BCUT2D eigenvalue weighted by Crippen LogP contribution is -2.37. The number of rotatable bonds is 13. The topological polar surface area (TPSA) is 94.1 Å². The molecule has 9 nitrogen and oxygen atoms in total. The molecule has 0 amide bonds. The predicted octanol–water partition coefficient (Wildman–Crippen LogP) is 1.99. The van der Waals surface area contributed by atoms with Crippen molar-refractivity contribution < 1.29 is 43.0 Å². The largest absolute Gasteiger partial charge is 0.394 e. The monoisotopic (exact) mass is 448 g/mol. The lowest BCUT2D eigenvalue weighted by Gasteiger charge is -2.29. The van der Waals surface area contributed by atoms with Crippen molar-refractivity contribution in [1.29, 1.82) is 0 Å². The van der Waals surface area contributed by atoms with Crippen LogP contribution in [0, 0.1) is 0 Å². The van der Waals surface area contributed by atoms with Crippen molar-refractivity contribution in [1.82, 2.24) is 0 Å². The highest BCUT2D eigenvalue weighted by Gasteiger charge is 2.33. The summed E-state index contributed by atoms with van der Waals surface area (Å²) in [4.78, 5) is 0. The van der Waals surface area contributed by atoms with Crippen molar-refractivity contribution in [2.75, 3.05) is 52.9 Å². The van der Waals surface area contributed by atoms with Crippen molar-refractivity contribution in [2.24, 2.45) is 0 Å². The van der Waals surface area contributed by atoms with Crippen molar-refractivity contribution in [3.63, 3.8) is 0 Å². The van der Waals surface area contributed by atoms with Crippen LogP contribution in [-0.2, 0) is 37.9 Å². The summed E-state index contributed by atoms with van der Waals surface area (Å²) in [6, 6.07) is 0. The normalized spacial score (nSPS) is 30.9. The van der Waals surface area contributed by atoms with Crippen molar-refractivity contribution in [3.8, 4) is 0 Å². The highest BCUT2D eigenvalue weighted by Crippen LogP contribution is 2.22. The first kappa shape index (κ1) is 25.3. The Labute approximate surface area is 185 Å². The number of hydrogen-bond donors (Lipinski definition) is 1. The van der Waals surface area contributed by atoms with Crippen LogP contribution < -0.4 is 0 Å². The van der Waals surface area contributed by atoms with Crippen molar-refractivity contribution >= 4 is 0 Å². The molecule has 3 aliphatic rings. The van der Waals surface area contributed by atoms with E-state index in [-0.39, 0.29) is 38.0 Å². The minimum absolute atomic E-state index is 0.0924. The van der Waals surface area contributed by atoms with Crippen LogP contribution >= 0.6 is 0 Å². The van der Waals surface area contributed by atoms with E-state index in [4.69, 9.17) is 37.9 Å². The summed E-state index contributed by atoms with van der Waals surface area (Å²) in [6.45, 7) is 6.95. The van der Waals surface area contributed by atoms with Gasteiger partial charge in [0.15, 0.2) is 18.4 Å². The zero-order valence-electron chi connectivity index (χ0n) is 19.0. The maximum Gasteiger partial charge on any atom is 0.163 e. The Morgan fingerprint density at radius 1 is 0.871 bits per heavy atom. The fraction of sp³-hybridized carbons (Fsp3) is 1.00. The lowest BCUT2D eigenvalue weighted by molar-refractivity contribution is -0.222. The third-order valence-electron chi connectivity index (χ3n) is 5.45. The van der Waals surface area contributed by atoms with E-state index in [1.807, 2.05) is 13.8 Å². The average Bonchev–Trinajstić information content (AvgIpc) is 3.12. The van der Waals surface area contributed by atoms with Gasteiger partial charge in [0.05, 0.1) is 39.6 Å². The molecule has 0 aromatic carbocycles. The number of aliphatic hydroxyl groups is 1. The average molecular weight is 449 g/mol. The lowest BCUT2D eigenvalue weighted by atomic mass is 10.2. The van der Waals surface area contributed by atoms with Gasteiger partial charge in [0, 0.05) is 13.2 Å². The molecule has 1 N–H and O–H groups in total. The molecule has 0 aliphatic carbocycles. The Morgan fingerprint density at radius 3 is 2.03 bits per heavy atom. The van der Waals surface area contributed by atoms with E-state index in [1.165, 1.54) is 0 Å². The smallest absolute Gasteiger partial charge is 0.163 e. The number of ether oxygens (including phenoxy) is 8. The van der Waals surface area contributed by atoms with Crippen LogP contribution in [0.1, 0.15) is 52.4 Å². The van der Waals surface area contributed by atoms with E-state index in [0.717, 1.165) is 38.5 Å². The molecule has 5 unspecified atom stereocenters. The van der Waals surface area contributed by atoms with Crippen LogP contribution in [0.3, 0.4) is 0 Å². The van der Waals surface area contributed by atoms with E-state index in [2.05, 4.69) is 0 Å². The summed E-state index contributed by atoms with van der Waals surface area (Å²) < 4.78 is 46.2. The molecular formula is C22H40O9. The van der Waals surface area contributed by atoms with E-state index in [9.17, 15) is 5.11 Å². The molecule has 0 aromatic rings. The molecule has 3 rings (SSSR count). The van der Waals surface area contributed by atoms with Gasteiger partial charge in [0.2, 0.25) is 0 Å². The molecule has 3 heterocycles. The van der Waals surface area contributed by atoms with Gasteiger partial charge in [0.1, 0.15) is 18.3 Å². The third-order valence-corrected chi connectivity index (χ3v) is 5.45. The Kier molecular flexibility index (Phi) is 10.9. The quantitative estimate of drug-likeness (QED) is 0.454. The first-order chi connectivity index (χ1) is 15.0. The highest BCUT2D eigenvalue weighted by atomic mass is 16.8. The first-order valence-electron chi connectivity index (χ1n) is 11.7. The molecule has 5 atom stereocenters. The zero-order valence-corrected chi connectivity index (χ0v) is 19.0. The molecule has 3 fully saturated rings. The van der Waals surface area contributed by atoms with Gasteiger partial charge in [0.25, 0.3) is 0 Å². The fourth-order valence-electron chi connectivity index (χ4n) is 3.84. The molecule has 0 spiro atoms. The summed E-state index contributed by atoms with van der Waals surface area (Å²) in [5.74, 6) is -0.565. The zero-order chi connectivity index (χ0) is 21.9. The maximum absolute atomic E-state index is 9.63. The summed E-state index contributed by atoms with van der Waals surface area (Å²) in [5, 5.41) is 9.63. The van der Waals surface area contributed by atoms with Crippen LogP contribution in [0.2, 0.25) is 0 Å². The second kappa shape index (κ2) is 13.4. The van der Waals surface area contributed by atoms with Gasteiger partial charge in [-0.05, 0) is 52.4 Å². The number of aliphatic hydroxyl groups excluding tert-OH is 1. The number of hydrogen-bond acceptors (Lipinski definition) is 9. The molecule has 9 heteroatoms. The van der Waals surface area contributed by atoms with E-state index < -0.39 is 11.9 Å². The molecule has 3 saturated heterocycles. The van der Waals surface area contributed by atoms with Gasteiger partial charge in [-0.25, -0.2) is 0 Å². The van der Waals surface area contributed by atoms with Crippen LogP contribution in [-0.4, -0.2) is 94.6 Å². The van der Waals surface area contributed by atoms with E-state index >= 15 is 0 Å². The summed E-state index contributed by atoms with van der Waals surface area (Å²) >= 11 is 0. The van der Waals surface area contributed by atoms with E-state index in [0.29, 0.717) is 39.6 Å². The van der Waals surface area contributed by atoms with Crippen molar-refractivity contribution in [3.05, 3.63) is 0 Å². The molecule has 182 valence electrons. The second-order valence-corrected chi connectivity index (χ2v) is 8.82. The standard InChI is InChI=1S/C22H40O9/c1-22(2)28-16-19(31-22)15-25-14-18(30-21-8-4-6-10-27-21)13-24-12-17(11-23)29-20-7-3-5-9-26-20/h17-21,23H,3-16H2,1-2H3. The van der Waals surface area contributed by atoms with Gasteiger partial charge < -0.3 is 43.0 Å².